The summed E-state index contributed by atoms with van der Waals surface area (Å²) in [6.45, 7) is 0. The zero-order valence-corrected chi connectivity index (χ0v) is 9.32. The molecular formula is C13H17NO2. The number of nitrogens with two attached hydrogens (primary N) is 1. The van der Waals surface area contributed by atoms with Crippen LogP contribution in [0.1, 0.15) is 42.5 Å². The molecule has 0 amide bonds. The highest BCUT2D eigenvalue weighted by Gasteiger charge is 2.31. The summed E-state index contributed by atoms with van der Waals surface area (Å²) in [5.41, 5.74) is 5.88. The normalized spacial score (nSPS) is 19.1. The fraction of sp³-hybridized carbons (Fsp3) is 0.462. The molecule has 3 nitrogen and oxygen atoms in total. The quantitative estimate of drug-likeness (QED) is 0.614. The number of benzene rings is 1. The zero-order chi connectivity index (χ0) is 11.4. The highest BCUT2D eigenvalue weighted by atomic mass is 16.6. The maximum Gasteiger partial charge on any atom is 0.339 e. The van der Waals surface area contributed by atoms with Crippen molar-refractivity contribution in [3.05, 3.63) is 35.9 Å². The molecule has 0 saturated heterocycles. The molecule has 1 fully saturated rings. The van der Waals surface area contributed by atoms with Crippen molar-refractivity contribution in [1.82, 2.24) is 0 Å². The van der Waals surface area contributed by atoms with Crippen molar-refractivity contribution in [2.75, 3.05) is 0 Å². The minimum Gasteiger partial charge on any atom is -0.441 e. The Kier molecular flexibility index (Phi) is 3.25. The Hall–Kier alpha value is -1.35. The highest BCUT2D eigenvalue weighted by Crippen LogP contribution is 2.27. The lowest BCUT2D eigenvalue weighted by Gasteiger charge is -2.32. The Morgan fingerprint density at radius 1 is 1.12 bits per heavy atom. The summed E-state index contributed by atoms with van der Waals surface area (Å²) in [5, 5.41) is 0. The van der Waals surface area contributed by atoms with E-state index in [4.69, 9.17) is 10.5 Å². The Balaban J connectivity index is 2.01. The Bertz CT molecular complexity index is 355. The SMILES string of the molecule is NC1(OC(=O)c2ccccc2)CCCCC1. The van der Waals surface area contributed by atoms with E-state index in [1.807, 2.05) is 18.2 Å². The van der Waals surface area contributed by atoms with Gasteiger partial charge in [0.15, 0.2) is 5.72 Å². The zero-order valence-electron chi connectivity index (χ0n) is 9.32. The molecule has 0 bridgehead atoms. The summed E-state index contributed by atoms with van der Waals surface area (Å²) < 4.78 is 5.40. The number of hydrogen-bond acceptors (Lipinski definition) is 3. The van der Waals surface area contributed by atoms with E-state index < -0.39 is 5.72 Å². The molecule has 3 heteroatoms. The first-order chi connectivity index (χ1) is 7.70. The van der Waals surface area contributed by atoms with Crippen molar-refractivity contribution < 1.29 is 9.53 Å². The van der Waals surface area contributed by atoms with Crippen LogP contribution in [0.2, 0.25) is 0 Å². The summed E-state index contributed by atoms with van der Waals surface area (Å²) in [6.07, 6.45) is 4.80. The minimum absolute atomic E-state index is 0.315. The summed E-state index contributed by atoms with van der Waals surface area (Å²) in [4.78, 5) is 11.8. The van der Waals surface area contributed by atoms with Gasteiger partial charge < -0.3 is 4.74 Å². The molecule has 0 atom stereocenters. The number of carbonyl (C=O) groups excluding carboxylic acids is 1. The van der Waals surface area contributed by atoms with Crippen LogP contribution in [0.5, 0.6) is 0 Å². The van der Waals surface area contributed by atoms with Gasteiger partial charge in [0.25, 0.3) is 0 Å². The summed E-state index contributed by atoms with van der Waals surface area (Å²) >= 11 is 0. The lowest BCUT2D eigenvalue weighted by Crippen LogP contribution is -2.46. The van der Waals surface area contributed by atoms with Crippen LogP contribution in [0.15, 0.2) is 30.3 Å². The van der Waals surface area contributed by atoms with Crippen LogP contribution in [0.3, 0.4) is 0 Å². The van der Waals surface area contributed by atoms with Crippen LogP contribution >= 0.6 is 0 Å². The van der Waals surface area contributed by atoms with Crippen LogP contribution in [0, 0.1) is 0 Å². The summed E-state index contributed by atoms with van der Waals surface area (Å²) in [5.74, 6) is -0.315. The van der Waals surface area contributed by atoms with Gasteiger partial charge in [-0.15, -0.1) is 0 Å². The molecule has 2 N–H and O–H groups in total. The van der Waals surface area contributed by atoms with Gasteiger partial charge in [-0.3, -0.25) is 5.73 Å². The monoisotopic (exact) mass is 219 g/mol. The lowest BCUT2D eigenvalue weighted by molar-refractivity contribution is -0.0340. The van der Waals surface area contributed by atoms with Gasteiger partial charge in [-0.25, -0.2) is 4.79 Å². The summed E-state index contributed by atoms with van der Waals surface area (Å²) in [6, 6.07) is 9.00. The topological polar surface area (TPSA) is 52.3 Å². The lowest BCUT2D eigenvalue weighted by atomic mass is 9.92. The second kappa shape index (κ2) is 4.66. The van der Waals surface area contributed by atoms with Gasteiger partial charge in [0.1, 0.15) is 0 Å². The van der Waals surface area contributed by atoms with E-state index in [0.717, 1.165) is 25.7 Å². The third kappa shape index (κ3) is 2.61. The molecule has 2 rings (SSSR count). The van der Waals surface area contributed by atoms with E-state index in [1.54, 1.807) is 12.1 Å². The standard InChI is InChI=1S/C13H17NO2/c14-13(9-5-2-6-10-13)16-12(15)11-7-3-1-4-8-11/h1,3-4,7-8H,2,5-6,9-10,14H2. The van der Waals surface area contributed by atoms with Crippen molar-refractivity contribution in [2.24, 2.45) is 5.73 Å². The van der Waals surface area contributed by atoms with Crippen LogP contribution in [-0.4, -0.2) is 11.7 Å². The van der Waals surface area contributed by atoms with Gasteiger partial charge in [0.2, 0.25) is 0 Å². The van der Waals surface area contributed by atoms with Crippen molar-refractivity contribution in [1.29, 1.82) is 0 Å². The van der Waals surface area contributed by atoms with Crippen LogP contribution in [0.4, 0.5) is 0 Å². The number of rotatable bonds is 2. The van der Waals surface area contributed by atoms with E-state index in [-0.39, 0.29) is 5.97 Å². The van der Waals surface area contributed by atoms with Crippen LogP contribution < -0.4 is 5.73 Å². The average molecular weight is 219 g/mol. The molecule has 0 unspecified atom stereocenters. The van der Waals surface area contributed by atoms with E-state index in [0.29, 0.717) is 5.56 Å². The van der Waals surface area contributed by atoms with Gasteiger partial charge in [-0.1, -0.05) is 24.6 Å². The molecule has 0 heterocycles. The molecule has 1 aromatic rings. The molecule has 1 aliphatic carbocycles. The molecule has 1 aliphatic rings. The third-order valence-corrected chi connectivity index (χ3v) is 3.01. The molecular weight excluding hydrogens is 202 g/mol. The Morgan fingerprint density at radius 2 is 1.75 bits per heavy atom. The second-order valence-electron chi connectivity index (χ2n) is 4.38. The van der Waals surface area contributed by atoms with Gasteiger partial charge in [0, 0.05) is 12.8 Å². The predicted molar refractivity (Wildman–Crippen MR) is 61.9 cm³/mol. The Morgan fingerprint density at radius 3 is 2.38 bits per heavy atom. The van der Waals surface area contributed by atoms with Gasteiger partial charge in [-0.05, 0) is 25.0 Å². The largest absolute Gasteiger partial charge is 0.441 e. The maximum absolute atomic E-state index is 11.8. The first kappa shape index (κ1) is 11.1. The average Bonchev–Trinajstić information content (AvgIpc) is 2.30. The smallest absolute Gasteiger partial charge is 0.339 e. The van der Waals surface area contributed by atoms with E-state index in [1.165, 1.54) is 6.42 Å². The number of ether oxygens (including phenoxy) is 1. The molecule has 1 saturated carbocycles. The number of hydrogen-bond donors (Lipinski definition) is 1. The molecule has 86 valence electrons. The first-order valence-corrected chi connectivity index (χ1v) is 5.77. The number of carbonyl (C=O) groups is 1. The fourth-order valence-electron chi connectivity index (χ4n) is 2.07. The second-order valence-corrected chi connectivity index (χ2v) is 4.38. The molecule has 0 aromatic heterocycles. The maximum atomic E-state index is 11.8. The van der Waals surface area contributed by atoms with Crippen molar-refractivity contribution in [3.8, 4) is 0 Å². The van der Waals surface area contributed by atoms with Gasteiger partial charge in [-0.2, -0.15) is 0 Å². The highest BCUT2D eigenvalue weighted by molar-refractivity contribution is 5.89. The fourth-order valence-corrected chi connectivity index (χ4v) is 2.07. The molecule has 0 spiro atoms. The molecule has 16 heavy (non-hydrogen) atoms. The van der Waals surface area contributed by atoms with Crippen molar-refractivity contribution in [3.63, 3.8) is 0 Å². The number of esters is 1. The first-order valence-electron chi connectivity index (χ1n) is 5.77. The van der Waals surface area contributed by atoms with Crippen LogP contribution in [-0.2, 0) is 4.74 Å². The van der Waals surface area contributed by atoms with Crippen molar-refractivity contribution in [2.45, 2.75) is 37.8 Å². The Labute approximate surface area is 95.6 Å². The van der Waals surface area contributed by atoms with Gasteiger partial charge in [0.05, 0.1) is 5.56 Å². The van der Waals surface area contributed by atoms with E-state index in [9.17, 15) is 4.79 Å². The van der Waals surface area contributed by atoms with E-state index >= 15 is 0 Å². The van der Waals surface area contributed by atoms with Crippen molar-refractivity contribution >= 4 is 5.97 Å². The molecule has 0 aliphatic heterocycles. The van der Waals surface area contributed by atoms with E-state index in [2.05, 4.69) is 0 Å². The molecule has 1 aromatic carbocycles. The van der Waals surface area contributed by atoms with Gasteiger partial charge >= 0.3 is 5.97 Å². The minimum atomic E-state index is -0.745. The predicted octanol–water partition coefficient (Wildman–Crippen LogP) is 2.46. The van der Waals surface area contributed by atoms with Crippen LogP contribution in [0.25, 0.3) is 0 Å². The molecule has 0 radical (unpaired) electrons. The third-order valence-electron chi connectivity index (χ3n) is 3.01. The summed E-state index contributed by atoms with van der Waals surface area (Å²) in [7, 11) is 0.